The van der Waals surface area contributed by atoms with Crippen LogP contribution in [0, 0.1) is 13.8 Å². The van der Waals surface area contributed by atoms with Gasteiger partial charge in [-0.05, 0) is 50.3 Å². The summed E-state index contributed by atoms with van der Waals surface area (Å²) in [6.07, 6.45) is 4.67. The minimum absolute atomic E-state index is 0.0396. The molecule has 27 heavy (non-hydrogen) atoms. The number of esters is 1. The highest BCUT2D eigenvalue weighted by molar-refractivity contribution is 5.98. The van der Waals surface area contributed by atoms with Gasteiger partial charge in [-0.2, -0.15) is 10.1 Å². The Morgan fingerprint density at radius 2 is 2.00 bits per heavy atom. The lowest BCUT2D eigenvalue weighted by Crippen LogP contribution is -2.18. The van der Waals surface area contributed by atoms with E-state index in [-0.39, 0.29) is 18.8 Å². The van der Waals surface area contributed by atoms with Gasteiger partial charge in [0.05, 0.1) is 6.42 Å². The van der Waals surface area contributed by atoms with E-state index in [9.17, 15) is 9.59 Å². The molecule has 0 aliphatic heterocycles. The molecule has 0 N–H and O–H groups in total. The van der Waals surface area contributed by atoms with Gasteiger partial charge in [0, 0.05) is 22.5 Å². The summed E-state index contributed by atoms with van der Waals surface area (Å²) in [6.45, 7) is 3.42. The second-order valence-electron chi connectivity index (χ2n) is 6.83. The van der Waals surface area contributed by atoms with E-state index in [1.165, 1.54) is 17.5 Å². The number of ketones is 1. The van der Waals surface area contributed by atoms with Crippen LogP contribution in [0.25, 0.3) is 5.78 Å². The smallest absolute Gasteiger partial charge is 0.310 e. The van der Waals surface area contributed by atoms with Crippen molar-refractivity contribution in [3.8, 4) is 0 Å². The summed E-state index contributed by atoms with van der Waals surface area (Å²) in [4.78, 5) is 33.0. The van der Waals surface area contributed by atoms with E-state index >= 15 is 0 Å². The van der Waals surface area contributed by atoms with E-state index in [1.807, 2.05) is 32.0 Å². The van der Waals surface area contributed by atoms with Crippen LogP contribution in [-0.4, -0.2) is 37.9 Å². The topological polar surface area (TPSA) is 86.4 Å². The number of benzene rings is 1. The highest BCUT2D eigenvalue weighted by Gasteiger charge is 2.18. The van der Waals surface area contributed by atoms with Gasteiger partial charge in [0.25, 0.3) is 5.78 Å². The van der Waals surface area contributed by atoms with Crippen molar-refractivity contribution >= 4 is 17.5 Å². The minimum Gasteiger partial charge on any atom is -0.457 e. The molecule has 0 bridgehead atoms. The van der Waals surface area contributed by atoms with Crippen LogP contribution < -0.4 is 0 Å². The van der Waals surface area contributed by atoms with Gasteiger partial charge in [0.2, 0.25) is 0 Å². The van der Waals surface area contributed by atoms with Crippen molar-refractivity contribution < 1.29 is 14.3 Å². The Morgan fingerprint density at radius 3 is 2.85 bits per heavy atom. The maximum absolute atomic E-state index is 12.4. The minimum atomic E-state index is -0.461. The highest BCUT2D eigenvalue weighted by Crippen LogP contribution is 2.23. The number of nitrogens with zero attached hydrogens (tertiary/aromatic N) is 4. The largest absolute Gasteiger partial charge is 0.457 e. The Hall–Kier alpha value is -3.09. The number of Topliss-reactive ketones (excluding diaryl/α,β-unsaturated/α-hetero) is 1. The van der Waals surface area contributed by atoms with Crippen molar-refractivity contribution in [3.05, 3.63) is 58.2 Å². The van der Waals surface area contributed by atoms with Crippen LogP contribution in [0.15, 0.2) is 24.5 Å². The lowest BCUT2D eigenvalue weighted by molar-refractivity contribution is -0.141. The highest BCUT2D eigenvalue weighted by atomic mass is 16.5. The van der Waals surface area contributed by atoms with Crippen molar-refractivity contribution in [2.45, 2.75) is 39.5 Å². The molecular weight excluding hydrogens is 344 g/mol. The molecule has 0 saturated carbocycles. The number of aryl methyl sites for hydroxylation is 4. The second-order valence-corrected chi connectivity index (χ2v) is 6.83. The third kappa shape index (κ3) is 3.32. The van der Waals surface area contributed by atoms with Gasteiger partial charge in [-0.1, -0.05) is 12.1 Å². The van der Waals surface area contributed by atoms with E-state index in [0.29, 0.717) is 17.0 Å². The monoisotopic (exact) mass is 364 g/mol. The van der Waals surface area contributed by atoms with Gasteiger partial charge >= 0.3 is 5.97 Å². The molecule has 0 atom stereocenters. The van der Waals surface area contributed by atoms with E-state index < -0.39 is 5.97 Å². The molecule has 1 aliphatic rings. The molecule has 4 rings (SSSR count). The SMILES string of the molecule is Cc1nc2ncnn2c(C)c1CC(=O)OCC(=O)c1ccc2c(c1)CCC2. The summed E-state index contributed by atoms with van der Waals surface area (Å²) in [7, 11) is 0. The molecule has 7 nitrogen and oxygen atoms in total. The number of ether oxygens (including phenoxy) is 1. The number of rotatable bonds is 5. The average molecular weight is 364 g/mol. The number of hydrogen-bond donors (Lipinski definition) is 0. The predicted molar refractivity (Wildman–Crippen MR) is 97.7 cm³/mol. The Labute approximate surface area is 156 Å². The summed E-state index contributed by atoms with van der Waals surface area (Å²) < 4.78 is 6.81. The Balaban J connectivity index is 1.42. The van der Waals surface area contributed by atoms with Gasteiger partial charge < -0.3 is 4.74 Å². The van der Waals surface area contributed by atoms with Crippen molar-refractivity contribution in [1.82, 2.24) is 19.6 Å². The lowest BCUT2D eigenvalue weighted by atomic mass is 10.0. The molecule has 0 unspecified atom stereocenters. The van der Waals surface area contributed by atoms with Crippen molar-refractivity contribution in [2.24, 2.45) is 0 Å². The number of carbonyl (C=O) groups excluding carboxylic acids is 2. The van der Waals surface area contributed by atoms with Crippen LogP contribution in [0.2, 0.25) is 0 Å². The van der Waals surface area contributed by atoms with Crippen molar-refractivity contribution in [3.63, 3.8) is 0 Å². The van der Waals surface area contributed by atoms with Gasteiger partial charge in [-0.25, -0.2) is 9.50 Å². The summed E-state index contributed by atoms with van der Waals surface area (Å²) in [5.74, 6) is -0.151. The maximum atomic E-state index is 12.4. The molecule has 2 heterocycles. The van der Waals surface area contributed by atoms with E-state index in [1.54, 1.807) is 4.52 Å². The fourth-order valence-corrected chi connectivity index (χ4v) is 3.58. The molecule has 7 heteroatoms. The number of hydrogen-bond acceptors (Lipinski definition) is 6. The first-order chi connectivity index (χ1) is 13.0. The summed E-state index contributed by atoms with van der Waals surface area (Å²) >= 11 is 0. The van der Waals surface area contributed by atoms with Crippen LogP contribution >= 0.6 is 0 Å². The zero-order chi connectivity index (χ0) is 19.0. The molecule has 0 spiro atoms. The van der Waals surface area contributed by atoms with Gasteiger partial charge in [-0.15, -0.1) is 0 Å². The fourth-order valence-electron chi connectivity index (χ4n) is 3.58. The summed E-state index contributed by atoms with van der Waals surface area (Å²) in [5.41, 5.74) is 5.37. The first-order valence-corrected chi connectivity index (χ1v) is 8.99. The third-order valence-corrected chi connectivity index (χ3v) is 5.09. The first-order valence-electron chi connectivity index (χ1n) is 8.99. The van der Waals surface area contributed by atoms with Crippen LogP contribution in [0.3, 0.4) is 0 Å². The average Bonchev–Trinajstić information content (AvgIpc) is 3.31. The fraction of sp³-hybridized carbons (Fsp3) is 0.350. The molecular formula is C20H20N4O3. The molecule has 2 aromatic heterocycles. The normalized spacial score (nSPS) is 13.0. The van der Waals surface area contributed by atoms with Crippen molar-refractivity contribution in [2.75, 3.05) is 6.61 Å². The maximum Gasteiger partial charge on any atom is 0.310 e. The Kier molecular flexibility index (Phi) is 4.43. The van der Waals surface area contributed by atoms with Crippen LogP contribution in [0.5, 0.6) is 0 Å². The molecule has 0 amide bonds. The van der Waals surface area contributed by atoms with Crippen LogP contribution in [0.4, 0.5) is 0 Å². The molecule has 0 saturated heterocycles. The number of aromatic nitrogens is 4. The zero-order valence-electron chi connectivity index (χ0n) is 15.4. The molecule has 1 aromatic carbocycles. The van der Waals surface area contributed by atoms with Crippen LogP contribution in [-0.2, 0) is 28.8 Å². The molecule has 3 aromatic rings. The van der Waals surface area contributed by atoms with Gasteiger partial charge in [0.15, 0.2) is 12.4 Å². The summed E-state index contributed by atoms with van der Waals surface area (Å²) in [5, 5.41) is 4.11. The van der Waals surface area contributed by atoms with E-state index in [0.717, 1.165) is 30.5 Å². The standard InChI is InChI=1S/C20H20N4O3/c1-12-17(13(2)24-20(23-12)21-11-22-24)9-19(26)27-10-18(25)16-7-6-14-4-3-5-15(14)8-16/h6-8,11H,3-5,9-10H2,1-2H3. The Morgan fingerprint density at radius 1 is 1.19 bits per heavy atom. The molecule has 138 valence electrons. The van der Waals surface area contributed by atoms with Crippen molar-refractivity contribution in [1.29, 1.82) is 0 Å². The predicted octanol–water partition coefficient (Wildman–Crippen LogP) is 2.20. The Bertz CT molecular complexity index is 1050. The molecule has 0 radical (unpaired) electrons. The third-order valence-electron chi connectivity index (χ3n) is 5.09. The zero-order valence-corrected chi connectivity index (χ0v) is 15.4. The molecule has 0 fully saturated rings. The van der Waals surface area contributed by atoms with Gasteiger partial charge in [0.1, 0.15) is 6.33 Å². The van der Waals surface area contributed by atoms with E-state index in [4.69, 9.17) is 4.74 Å². The first kappa shape index (κ1) is 17.3. The van der Waals surface area contributed by atoms with E-state index in [2.05, 4.69) is 15.1 Å². The quantitative estimate of drug-likeness (QED) is 0.510. The second kappa shape index (κ2) is 6.90. The van der Waals surface area contributed by atoms with Crippen LogP contribution in [0.1, 0.15) is 44.9 Å². The number of carbonyl (C=O) groups is 2. The molecule has 1 aliphatic carbocycles. The number of fused-ring (bicyclic) bond motifs is 2. The van der Waals surface area contributed by atoms with Gasteiger partial charge in [-0.3, -0.25) is 9.59 Å². The summed E-state index contributed by atoms with van der Waals surface area (Å²) in [6, 6.07) is 5.75. The lowest BCUT2D eigenvalue weighted by Gasteiger charge is -2.10.